The van der Waals surface area contributed by atoms with Gasteiger partial charge in [0.2, 0.25) is 0 Å². The van der Waals surface area contributed by atoms with Gasteiger partial charge in [-0.15, -0.1) is 0 Å². The van der Waals surface area contributed by atoms with Crippen molar-refractivity contribution in [3.05, 3.63) is 80.5 Å². The summed E-state index contributed by atoms with van der Waals surface area (Å²) >= 11 is 0. The Morgan fingerprint density at radius 1 is 1.00 bits per heavy atom. The molecule has 0 atom stereocenters. The molecule has 0 unspecified atom stereocenters. The smallest absolute Gasteiger partial charge is 0.333 e. The van der Waals surface area contributed by atoms with E-state index in [4.69, 9.17) is 4.74 Å². The van der Waals surface area contributed by atoms with E-state index in [1.54, 1.807) is 32.1 Å². The summed E-state index contributed by atoms with van der Waals surface area (Å²) in [5.41, 5.74) is 4.54. The molecule has 5 nitrogen and oxygen atoms in total. The Kier molecular flexibility index (Phi) is 8.22. The van der Waals surface area contributed by atoms with Crippen LogP contribution in [-0.2, 0) is 9.53 Å². The molecule has 1 aromatic carbocycles. The van der Waals surface area contributed by atoms with Gasteiger partial charge in [0.25, 0.3) is 5.69 Å². The number of esters is 1. The highest BCUT2D eigenvalue weighted by molar-refractivity contribution is 5.88. The minimum absolute atomic E-state index is 0.0776. The molecule has 0 amide bonds. The highest BCUT2D eigenvalue weighted by Crippen LogP contribution is 2.16. The minimum Gasteiger partial charge on any atom is -0.463 e. The Hall–Kier alpha value is -2.95. The second-order valence-electron chi connectivity index (χ2n) is 6.06. The largest absolute Gasteiger partial charge is 0.463 e. The normalized spacial score (nSPS) is 13.6. The second kappa shape index (κ2) is 10.1. The van der Waals surface area contributed by atoms with E-state index in [9.17, 15) is 14.9 Å². The van der Waals surface area contributed by atoms with Crippen LogP contribution in [0.5, 0.6) is 0 Å². The molecular formula is C21H25NO4. The highest BCUT2D eigenvalue weighted by Gasteiger charge is 2.04. The first-order chi connectivity index (χ1) is 12.2. The van der Waals surface area contributed by atoms with Crippen LogP contribution in [0.3, 0.4) is 0 Å². The number of hydrogen-bond donors (Lipinski definition) is 0. The molecule has 0 aliphatic carbocycles. The van der Waals surface area contributed by atoms with Gasteiger partial charge in [0.05, 0.1) is 11.5 Å². The lowest BCUT2D eigenvalue weighted by atomic mass is 10.1. The summed E-state index contributed by atoms with van der Waals surface area (Å²) in [5.74, 6) is -0.309. The van der Waals surface area contributed by atoms with E-state index >= 15 is 0 Å². The predicted molar refractivity (Wildman–Crippen MR) is 105 cm³/mol. The number of benzene rings is 1. The fourth-order valence-electron chi connectivity index (χ4n) is 2.44. The van der Waals surface area contributed by atoms with Crippen LogP contribution in [0.2, 0.25) is 0 Å². The Morgan fingerprint density at radius 2 is 1.54 bits per heavy atom. The number of hydrogen-bond acceptors (Lipinski definition) is 4. The maximum absolute atomic E-state index is 11.6. The van der Waals surface area contributed by atoms with E-state index in [1.165, 1.54) is 12.1 Å². The van der Waals surface area contributed by atoms with Crippen LogP contribution >= 0.6 is 0 Å². The number of allylic oxidation sites excluding steroid dienone is 6. The van der Waals surface area contributed by atoms with Crippen molar-refractivity contribution < 1.29 is 14.5 Å². The maximum Gasteiger partial charge on any atom is 0.333 e. The molecule has 0 fully saturated rings. The number of nitro groups is 1. The minimum atomic E-state index is -0.413. The van der Waals surface area contributed by atoms with Crippen LogP contribution in [0.15, 0.2) is 64.8 Å². The van der Waals surface area contributed by atoms with Crippen molar-refractivity contribution in [2.45, 2.75) is 34.6 Å². The van der Waals surface area contributed by atoms with Gasteiger partial charge in [0.15, 0.2) is 0 Å². The summed E-state index contributed by atoms with van der Waals surface area (Å²) in [6.07, 6.45) is 7.75. The number of nitro benzene ring substituents is 1. The highest BCUT2D eigenvalue weighted by atomic mass is 16.6. The van der Waals surface area contributed by atoms with Gasteiger partial charge in [0, 0.05) is 17.7 Å². The van der Waals surface area contributed by atoms with Crippen molar-refractivity contribution in [2.75, 3.05) is 6.61 Å². The Labute approximate surface area is 154 Å². The molecule has 0 aromatic heterocycles. The summed E-state index contributed by atoms with van der Waals surface area (Å²) in [7, 11) is 0. The van der Waals surface area contributed by atoms with Crippen LogP contribution in [0.4, 0.5) is 5.69 Å². The number of carbonyl (C=O) groups excluding carboxylic acids is 1. The van der Waals surface area contributed by atoms with E-state index < -0.39 is 4.92 Å². The number of ether oxygens (including phenoxy) is 1. The van der Waals surface area contributed by atoms with Crippen molar-refractivity contribution in [2.24, 2.45) is 0 Å². The van der Waals surface area contributed by atoms with Crippen molar-refractivity contribution in [3.8, 4) is 0 Å². The van der Waals surface area contributed by atoms with Crippen LogP contribution < -0.4 is 0 Å². The molecule has 5 heteroatoms. The lowest BCUT2D eigenvalue weighted by Crippen LogP contribution is -2.05. The first kappa shape index (κ1) is 21.1. The summed E-state index contributed by atoms with van der Waals surface area (Å²) in [6.45, 7) is 9.74. The fourth-order valence-corrected chi connectivity index (χ4v) is 2.44. The SMILES string of the molecule is CCOC(=O)\C(C)=C/C(C)=C\C(C)=C/C(C)=C\c1ccc([N+](=O)[O-])cc1. The van der Waals surface area contributed by atoms with Crippen molar-refractivity contribution in [3.63, 3.8) is 0 Å². The maximum atomic E-state index is 11.6. The van der Waals surface area contributed by atoms with Gasteiger partial charge in [-0.1, -0.05) is 34.9 Å². The van der Waals surface area contributed by atoms with E-state index in [1.807, 2.05) is 39.0 Å². The summed E-state index contributed by atoms with van der Waals surface area (Å²) in [4.78, 5) is 21.9. The first-order valence-corrected chi connectivity index (χ1v) is 8.37. The van der Waals surface area contributed by atoms with Gasteiger partial charge in [-0.25, -0.2) is 4.79 Å². The molecule has 0 radical (unpaired) electrons. The molecule has 138 valence electrons. The molecule has 0 aliphatic rings. The molecule has 0 heterocycles. The molecular weight excluding hydrogens is 330 g/mol. The molecule has 26 heavy (non-hydrogen) atoms. The predicted octanol–water partition coefficient (Wildman–Crippen LogP) is 5.40. The lowest BCUT2D eigenvalue weighted by molar-refractivity contribution is -0.384. The number of nitrogens with zero attached hydrogens (tertiary/aromatic N) is 1. The van der Waals surface area contributed by atoms with Crippen molar-refractivity contribution >= 4 is 17.7 Å². The first-order valence-electron chi connectivity index (χ1n) is 8.37. The van der Waals surface area contributed by atoms with Crippen LogP contribution in [0, 0.1) is 10.1 Å². The van der Waals surface area contributed by atoms with Crippen LogP contribution in [-0.4, -0.2) is 17.5 Å². The van der Waals surface area contributed by atoms with Gasteiger partial charge in [-0.05, 0) is 58.4 Å². The molecule has 0 aliphatic heterocycles. The lowest BCUT2D eigenvalue weighted by Gasteiger charge is -2.02. The molecule has 0 spiro atoms. The zero-order valence-corrected chi connectivity index (χ0v) is 15.9. The molecule has 1 aromatic rings. The van der Waals surface area contributed by atoms with Crippen LogP contribution in [0.25, 0.3) is 6.08 Å². The fraction of sp³-hybridized carbons (Fsp3) is 0.286. The van der Waals surface area contributed by atoms with Crippen molar-refractivity contribution in [1.82, 2.24) is 0 Å². The van der Waals surface area contributed by atoms with Gasteiger partial charge >= 0.3 is 5.97 Å². The Morgan fingerprint density at radius 3 is 2.08 bits per heavy atom. The van der Waals surface area contributed by atoms with Gasteiger partial charge < -0.3 is 4.74 Å². The van der Waals surface area contributed by atoms with E-state index in [0.717, 1.165) is 22.3 Å². The third kappa shape index (κ3) is 7.30. The summed E-state index contributed by atoms with van der Waals surface area (Å²) in [5, 5.41) is 10.7. The Balaban J connectivity index is 2.88. The van der Waals surface area contributed by atoms with Crippen molar-refractivity contribution in [1.29, 1.82) is 0 Å². The second-order valence-corrected chi connectivity index (χ2v) is 6.06. The molecule has 0 saturated carbocycles. The number of carbonyl (C=O) groups is 1. The number of rotatable bonds is 7. The molecule has 0 saturated heterocycles. The topological polar surface area (TPSA) is 69.4 Å². The Bertz CT molecular complexity index is 781. The van der Waals surface area contributed by atoms with E-state index in [2.05, 4.69) is 0 Å². The zero-order valence-electron chi connectivity index (χ0n) is 15.9. The standard InChI is InChI=1S/C21H25NO4/c1-6-26-21(23)18(5)13-16(3)11-15(2)12-17(4)14-19-7-9-20(10-8-19)22(24)25/h7-14H,6H2,1-5H3/b15-12-,16-11-,17-14-,18-13-. The van der Waals surface area contributed by atoms with Gasteiger partial charge in [0.1, 0.15) is 0 Å². The molecule has 0 N–H and O–H groups in total. The zero-order chi connectivity index (χ0) is 19.7. The summed E-state index contributed by atoms with van der Waals surface area (Å²) < 4.78 is 4.96. The average Bonchev–Trinajstić information content (AvgIpc) is 2.54. The van der Waals surface area contributed by atoms with Gasteiger partial charge in [-0.3, -0.25) is 10.1 Å². The van der Waals surface area contributed by atoms with E-state index in [0.29, 0.717) is 12.2 Å². The quantitative estimate of drug-likeness (QED) is 0.216. The van der Waals surface area contributed by atoms with E-state index in [-0.39, 0.29) is 11.7 Å². The van der Waals surface area contributed by atoms with Gasteiger partial charge in [-0.2, -0.15) is 0 Å². The molecule has 1 rings (SSSR count). The van der Waals surface area contributed by atoms with Crippen LogP contribution in [0.1, 0.15) is 40.2 Å². The monoisotopic (exact) mass is 355 g/mol. The third-order valence-corrected chi connectivity index (χ3v) is 3.45. The summed E-state index contributed by atoms with van der Waals surface area (Å²) in [6, 6.07) is 6.42. The third-order valence-electron chi connectivity index (χ3n) is 3.45. The average molecular weight is 355 g/mol. The molecule has 0 bridgehead atoms. The number of non-ortho nitro benzene ring substituents is 1.